The molecule has 3 aliphatic heterocycles. The van der Waals surface area contributed by atoms with Crippen LogP contribution in [0.3, 0.4) is 0 Å². The van der Waals surface area contributed by atoms with Crippen molar-refractivity contribution in [2.75, 3.05) is 13.1 Å². The van der Waals surface area contributed by atoms with E-state index in [9.17, 15) is 33.1 Å². The second kappa shape index (κ2) is 10.6. The second-order valence-corrected chi connectivity index (χ2v) is 11.6. The summed E-state index contributed by atoms with van der Waals surface area (Å²) in [5.41, 5.74) is 5.83. The van der Waals surface area contributed by atoms with Gasteiger partial charge in [0.1, 0.15) is 5.70 Å². The van der Waals surface area contributed by atoms with Crippen LogP contribution < -0.4 is 21.7 Å². The largest absolute Gasteiger partial charge is 0.477 e. The van der Waals surface area contributed by atoms with Crippen molar-refractivity contribution in [1.29, 1.82) is 0 Å². The molecule has 4 rings (SSSR count). The summed E-state index contributed by atoms with van der Waals surface area (Å²) in [6.07, 6.45) is -0.122. The van der Waals surface area contributed by atoms with Crippen molar-refractivity contribution in [1.82, 2.24) is 20.9 Å². The maximum absolute atomic E-state index is 12.8. The summed E-state index contributed by atoms with van der Waals surface area (Å²) in [6, 6.07) is -1.24. The van der Waals surface area contributed by atoms with Crippen molar-refractivity contribution in [3.63, 3.8) is 0 Å². The molecule has 0 aromatic heterocycles. The summed E-state index contributed by atoms with van der Waals surface area (Å²) < 4.78 is 25.3. The number of amides is 3. The molecule has 0 unspecified atom stereocenters. The van der Waals surface area contributed by atoms with Gasteiger partial charge in [0, 0.05) is 53.2 Å². The summed E-state index contributed by atoms with van der Waals surface area (Å²) in [6.45, 7) is 4.39. The van der Waals surface area contributed by atoms with Gasteiger partial charge < -0.3 is 31.7 Å². The molecule has 4 aliphatic rings. The van der Waals surface area contributed by atoms with Gasteiger partial charge >= 0.3 is 12.4 Å². The smallest absolute Gasteiger partial charge is 0.353 e. The molecular weight excluding hydrogens is 496 g/mol. The summed E-state index contributed by atoms with van der Waals surface area (Å²) in [4.78, 5) is 50.6. The number of carbonyl (C=O) groups is 4. The van der Waals surface area contributed by atoms with E-state index in [-0.39, 0.29) is 40.8 Å². The highest BCUT2D eigenvalue weighted by Crippen LogP contribution is 2.51. The molecule has 1 saturated carbocycles. The third-order valence-electron chi connectivity index (χ3n) is 7.74. The molecule has 13 heteroatoms. The SMILES string of the molecule is C[C@@H](NC(=O)C(F)F)[C@H]1C(=O)N2C(C(=O)O)=C(S[C@@H]3CN[C@H](CNC(=O)[C@@H]4CC[C@H](N)C4)C3)[C@H](C)[C@H]12. The van der Waals surface area contributed by atoms with Crippen LogP contribution in [0.2, 0.25) is 0 Å². The molecular formula is C23H33F2N5O5S. The molecule has 6 N–H and O–H groups in total. The van der Waals surface area contributed by atoms with E-state index in [0.717, 1.165) is 12.8 Å². The summed E-state index contributed by atoms with van der Waals surface area (Å²) >= 11 is 1.41. The van der Waals surface area contributed by atoms with Gasteiger partial charge in [-0.2, -0.15) is 8.78 Å². The lowest BCUT2D eigenvalue weighted by molar-refractivity contribution is -0.159. The number of carboxylic acid groups (broad SMARTS) is 1. The van der Waals surface area contributed by atoms with Crippen molar-refractivity contribution < 1.29 is 33.1 Å². The van der Waals surface area contributed by atoms with Crippen LogP contribution in [0.25, 0.3) is 0 Å². The number of nitrogens with two attached hydrogens (primary N) is 1. The number of aliphatic carboxylic acids is 1. The lowest BCUT2D eigenvalue weighted by Gasteiger charge is -2.47. The molecule has 10 nitrogen and oxygen atoms in total. The maximum atomic E-state index is 12.8. The van der Waals surface area contributed by atoms with Gasteiger partial charge in [0.15, 0.2) is 0 Å². The van der Waals surface area contributed by atoms with Gasteiger partial charge in [0.25, 0.3) is 5.91 Å². The van der Waals surface area contributed by atoms with Crippen molar-refractivity contribution in [3.05, 3.63) is 10.6 Å². The molecule has 8 atom stereocenters. The Kier molecular flexibility index (Phi) is 7.91. The maximum Gasteiger partial charge on any atom is 0.353 e. The molecule has 1 aliphatic carbocycles. The van der Waals surface area contributed by atoms with E-state index in [4.69, 9.17) is 5.73 Å². The third kappa shape index (κ3) is 5.10. The van der Waals surface area contributed by atoms with Crippen molar-refractivity contribution in [2.24, 2.45) is 23.5 Å². The Morgan fingerprint density at radius 1 is 1.28 bits per heavy atom. The Morgan fingerprint density at radius 2 is 2.00 bits per heavy atom. The number of thioether (sulfide) groups is 1. The Bertz CT molecular complexity index is 965. The molecule has 3 amide bonds. The zero-order valence-electron chi connectivity index (χ0n) is 20.2. The normalized spacial score (nSPS) is 34.6. The van der Waals surface area contributed by atoms with Crippen molar-refractivity contribution >= 4 is 35.5 Å². The van der Waals surface area contributed by atoms with Gasteiger partial charge in [-0.1, -0.05) is 6.92 Å². The number of rotatable bonds is 9. The average molecular weight is 530 g/mol. The van der Waals surface area contributed by atoms with Crippen LogP contribution in [-0.4, -0.2) is 82.6 Å². The number of hydrogen-bond donors (Lipinski definition) is 5. The van der Waals surface area contributed by atoms with E-state index < -0.39 is 42.2 Å². The monoisotopic (exact) mass is 529 g/mol. The van der Waals surface area contributed by atoms with Crippen LogP contribution in [0, 0.1) is 17.8 Å². The molecule has 0 radical (unpaired) electrons. The first-order chi connectivity index (χ1) is 17.0. The summed E-state index contributed by atoms with van der Waals surface area (Å²) in [5.74, 6) is -4.28. The number of halogens is 2. The van der Waals surface area contributed by atoms with E-state index in [1.807, 2.05) is 6.92 Å². The molecule has 0 aromatic carbocycles. The second-order valence-electron chi connectivity index (χ2n) is 10.2. The molecule has 3 heterocycles. The molecule has 0 aromatic rings. The highest BCUT2D eigenvalue weighted by molar-refractivity contribution is 8.03. The first kappa shape index (κ1) is 26.8. The van der Waals surface area contributed by atoms with Crippen LogP contribution in [0.5, 0.6) is 0 Å². The predicted molar refractivity (Wildman–Crippen MR) is 128 cm³/mol. The Morgan fingerprint density at radius 3 is 2.61 bits per heavy atom. The predicted octanol–water partition coefficient (Wildman–Crippen LogP) is 0.236. The lowest BCUT2D eigenvalue weighted by atomic mass is 9.78. The Labute approximate surface area is 212 Å². The summed E-state index contributed by atoms with van der Waals surface area (Å²) in [7, 11) is 0. The standard InChI is InChI=1S/C23H33F2N5O5S/c1-9-16-15(10(2)29-21(32)19(24)25)22(33)30(16)17(23(34)35)18(9)36-14-6-13(27-8-14)7-28-20(31)11-3-4-12(26)5-11/h9-16,19,27H,3-8,26H2,1-2H3,(H,28,31)(H,29,32)(H,34,35)/t9-,10-,11-,12+,13+,14+,15-,16-/m1/s1. The fourth-order valence-electron chi connectivity index (χ4n) is 5.90. The highest BCUT2D eigenvalue weighted by atomic mass is 32.2. The lowest BCUT2D eigenvalue weighted by Crippen LogP contribution is -2.66. The zero-order chi connectivity index (χ0) is 26.3. The Hall–Kier alpha value is -2.25. The van der Waals surface area contributed by atoms with Gasteiger partial charge in [-0.05, 0) is 32.6 Å². The topological polar surface area (TPSA) is 154 Å². The average Bonchev–Trinajstić information content (AvgIpc) is 3.50. The van der Waals surface area contributed by atoms with E-state index in [1.54, 1.807) is 0 Å². The van der Waals surface area contributed by atoms with E-state index in [2.05, 4.69) is 16.0 Å². The number of carbonyl (C=O) groups excluding carboxylic acids is 3. The van der Waals surface area contributed by atoms with Crippen LogP contribution in [0.4, 0.5) is 8.78 Å². The molecule has 2 saturated heterocycles. The molecule has 200 valence electrons. The van der Waals surface area contributed by atoms with E-state index in [0.29, 0.717) is 30.8 Å². The minimum Gasteiger partial charge on any atom is -0.477 e. The van der Waals surface area contributed by atoms with E-state index in [1.165, 1.54) is 23.6 Å². The van der Waals surface area contributed by atoms with Gasteiger partial charge in [0.2, 0.25) is 11.8 Å². The highest BCUT2D eigenvalue weighted by Gasteiger charge is 2.60. The van der Waals surface area contributed by atoms with Crippen LogP contribution in [0.15, 0.2) is 10.6 Å². The minimum absolute atomic E-state index is 0.0168. The first-order valence-electron chi connectivity index (χ1n) is 12.3. The fourth-order valence-corrected chi connectivity index (χ4v) is 7.42. The number of nitrogens with one attached hydrogen (secondary N) is 3. The zero-order valence-corrected chi connectivity index (χ0v) is 21.0. The van der Waals surface area contributed by atoms with Gasteiger partial charge in [-0.15, -0.1) is 11.8 Å². The minimum atomic E-state index is -3.19. The van der Waals surface area contributed by atoms with Crippen LogP contribution >= 0.6 is 11.8 Å². The van der Waals surface area contributed by atoms with Crippen molar-refractivity contribution in [2.45, 2.75) is 75.4 Å². The molecule has 0 spiro atoms. The van der Waals surface area contributed by atoms with Crippen LogP contribution in [0.1, 0.15) is 39.5 Å². The third-order valence-corrected chi connectivity index (χ3v) is 9.25. The Balaban J connectivity index is 1.36. The quantitative estimate of drug-likeness (QED) is 0.266. The first-order valence-corrected chi connectivity index (χ1v) is 13.2. The van der Waals surface area contributed by atoms with Gasteiger partial charge in [-0.3, -0.25) is 14.4 Å². The summed E-state index contributed by atoms with van der Waals surface area (Å²) in [5, 5.41) is 18.4. The number of carboxylic acids is 1. The number of hydrogen-bond acceptors (Lipinski definition) is 7. The molecule has 0 bridgehead atoms. The van der Waals surface area contributed by atoms with Gasteiger partial charge in [-0.25, -0.2) is 4.79 Å². The van der Waals surface area contributed by atoms with Crippen LogP contribution in [-0.2, 0) is 19.2 Å². The van der Waals surface area contributed by atoms with Gasteiger partial charge in [0.05, 0.1) is 12.0 Å². The number of nitrogens with zero attached hydrogens (tertiary/aromatic N) is 1. The molecule has 36 heavy (non-hydrogen) atoms. The van der Waals surface area contributed by atoms with Crippen molar-refractivity contribution in [3.8, 4) is 0 Å². The number of β-lactam (4-membered cyclic amide) rings is 1. The number of alkyl halides is 2. The molecule has 3 fully saturated rings. The fraction of sp³-hybridized carbons (Fsp3) is 0.739. The van der Waals surface area contributed by atoms with E-state index >= 15 is 0 Å². The number of fused-ring (bicyclic) bond motifs is 1.